The van der Waals surface area contributed by atoms with Gasteiger partial charge in [0.2, 0.25) is 0 Å². The molecule has 2 rings (SSSR count). The molecule has 1 saturated heterocycles. The SMILES string of the molecule is CCCOc1cc(OC)ccc1C(=O)N1CC(OC)CC1CC(=O)O. The first-order valence-electron chi connectivity index (χ1n) is 8.36. The molecule has 25 heavy (non-hydrogen) atoms. The lowest BCUT2D eigenvalue weighted by Crippen LogP contribution is -2.37. The van der Waals surface area contributed by atoms with Crippen LogP contribution in [-0.2, 0) is 9.53 Å². The fraction of sp³-hybridized carbons (Fsp3) is 0.556. The Hall–Kier alpha value is -2.28. The van der Waals surface area contributed by atoms with Crippen molar-refractivity contribution in [3.8, 4) is 11.5 Å². The average molecular weight is 351 g/mol. The molecule has 1 aliphatic rings. The quantitative estimate of drug-likeness (QED) is 0.773. The van der Waals surface area contributed by atoms with E-state index in [-0.39, 0.29) is 18.4 Å². The summed E-state index contributed by atoms with van der Waals surface area (Å²) in [4.78, 5) is 25.7. The van der Waals surface area contributed by atoms with Gasteiger partial charge in [-0.05, 0) is 25.0 Å². The van der Waals surface area contributed by atoms with Crippen molar-refractivity contribution in [1.82, 2.24) is 4.90 Å². The first-order chi connectivity index (χ1) is 12.0. The Labute approximate surface area is 147 Å². The van der Waals surface area contributed by atoms with Gasteiger partial charge in [-0.1, -0.05) is 6.92 Å². The summed E-state index contributed by atoms with van der Waals surface area (Å²) in [6, 6.07) is 4.64. The van der Waals surface area contributed by atoms with Crippen molar-refractivity contribution in [3.05, 3.63) is 23.8 Å². The summed E-state index contributed by atoms with van der Waals surface area (Å²) in [5, 5.41) is 9.12. The summed E-state index contributed by atoms with van der Waals surface area (Å²) >= 11 is 0. The summed E-state index contributed by atoms with van der Waals surface area (Å²) in [5.74, 6) is -0.140. The highest BCUT2D eigenvalue weighted by atomic mass is 16.5. The number of carboxylic acid groups (broad SMARTS) is 1. The summed E-state index contributed by atoms with van der Waals surface area (Å²) in [6.45, 7) is 2.83. The zero-order chi connectivity index (χ0) is 18.4. The molecule has 0 aliphatic carbocycles. The predicted octanol–water partition coefficient (Wildman–Crippen LogP) is 2.19. The summed E-state index contributed by atoms with van der Waals surface area (Å²) < 4.78 is 16.2. The molecule has 0 spiro atoms. The Morgan fingerprint density at radius 3 is 2.68 bits per heavy atom. The number of amides is 1. The van der Waals surface area contributed by atoms with E-state index in [1.54, 1.807) is 37.3 Å². The second-order valence-electron chi connectivity index (χ2n) is 6.01. The predicted molar refractivity (Wildman–Crippen MR) is 91.3 cm³/mol. The molecule has 0 bridgehead atoms. The van der Waals surface area contributed by atoms with Crippen LogP contribution in [0, 0.1) is 0 Å². The highest BCUT2D eigenvalue weighted by Gasteiger charge is 2.37. The second kappa shape index (κ2) is 8.71. The van der Waals surface area contributed by atoms with Gasteiger partial charge in [-0.15, -0.1) is 0 Å². The van der Waals surface area contributed by atoms with Crippen LogP contribution in [0.1, 0.15) is 36.5 Å². The maximum atomic E-state index is 13.0. The molecular weight excluding hydrogens is 326 g/mol. The van der Waals surface area contributed by atoms with Crippen LogP contribution in [0.2, 0.25) is 0 Å². The molecule has 7 heteroatoms. The second-order valence-corrected chi connectivity index (χ2v) is 6.01. The molecule has 138 valence electrons. The number of hydrogen-bond acceptors (Lipinski definition) is 5. The number of carbonyl (C=O) groups is 2. The molecule has 2 atom stereocenters. The van der Waals surface area contributed by atoms with Crippen molar-refractivity contribution < 1.29 is 28.9 Å². The Bertz CT molecular complexity index is 618. The fourth-order valence-corrected chi connectivity index (χ4v) is 2.98. The Morgan fingerprint density at radius 1 is 1.32 bits per heavy atom. The lowest BCUT2D eigenvalue weighted by atomic mass is 10.1. The van der Waals surface area contributed by atoms with Gasteiger partial charge < -0.3 is 24.2 Å². The number of rotatable bonds is 8. The molecule has 1 N–H and O–H groups in total. The third-order valence-electron chi connectivity index (χ3n) is 4.26. The van der Waals surface area contributed by atoms with E-state index in [9.17, 15) is 9.59 Å². The van der Waals surface area contributed by atoms with Gasteiger partial charge in [0.1, 0.15) is 11.5 Å². The van der Waals surface area contributed by atoms with Crippen molar-refractivity contribution in [2.75, 3.05) is 27.4 Å². The number of aliphatic carboxylic acids is 1. The third-order valence-corrected chi connectivity index (χ3v) is 4.26. The van der Waals surface area contributed by atoms with E-state index in [0.717, 1.165) is 6.42 Å². The number of hydrogen-bond donors (Lipinski definition) is 1. The third kappa shape index (κ3) is 4.63. The fourth-order valence-electron chi connectivity index (χ4n) is 2.98. The topological polar surface area (TPSA) is 85.3 Å². The molecule has 1 aliphatic heterocycles. The number of carboxylic acids is 1. The maximum Gasteiger partial charge on any atom is 0.305 e. The van der Waals surface area contributed by atoms with Gasteiger partial charge in [0.15, 0.2) is 0 Å². The van der Waals surface area contributed by atoms with Crippen molar-refractivity contribution >= 4 is 11.9 Å². The number of benzene rings is 1. The molecule has 1 heterocycles. The van der Waals surface area contributed by atoms with Crippen molar-refractivity contribution in [3.63, 3.8) is 0 Å². The van der Waals surface area contributed by atoms with Gasteiger partial charge in [0.25, 0.3) is 5.91 Å². The number of carbonyl (C=O) groups excluding carboxylic acids is 1. The standard InChI is InChI=1S/C18H25NO6/c1-4-7-25-16-10-13(23-2)5-6-15(16)18(22)19-11-14(24-3)8-12(19)9-17(20)21/h5-6,10,12,14H,4,7-9,11H2,1-3H3,(H,20,21). The molecule has 0 saturated carbocycles. The smallest absolute Gasteiger partial charge is 0.305 e. The van der Waals surface area contributed by atoms with Crippen LogP contribution in [0.5, 0.6) is 11.5 Å². The monoisotopic (exact) mass is 351 g/mol. The summed E-state index contributed by atoms with van der Waals surface area (Å²) in [7, 11) is 3.12. The molecular formula is C18H25NO6. The van der Waals surface area contributed by atoms with Crippen molar-refractivity contribution in [2.24, 2.45) is 0 Å². The zero-order valence-corrected chi connectivity index (χ0v) is 14.9. The van der Waals surface area contributed by atoms with Crippen molar-refractivity contribution in [1.29, 1.82) is 0 Å². The van der Waals surface area contributed by atoms with Gasteiger partial charge in [0, 0.05) is 25.8 Å². The molecule has 0 radical (unpaired) electrons. The average Bonchev–Trinajstić information content (AvgIpc) is 3.01. The minimum atomic E-state index is -0.934. The van der Waals surface area contributed by atoms with Gasteiger partial charge in [0.05, 0.1) is 31.8 Å². The lowest BCUT2D eigenvalue weighted by Gasteiger charge is -2.24. The Morgan fingerprint density at radius 2 is 2.08 bits per heavy atom. The Kier molecular flexibility index (Phi) is 6.64. The van der Waals surface area contributed by atoms with Crippen LogP contribution in [-0.4, -0.2) is 61.4 Å². The van der Waals surface area contributed by atoms with E-state index in [2.05, 4.69) is 0 Å². The zero-order valence-electron chi connectivity index (χ0n) is 14.9. The van der Waals surface area contributed by atoms with Crippen LogP contribution < -0.4 is 9.47 Å². The van der Waals surface area contributed by atoms with Crippen LogP contribution in [0.3, 0.4) is 0 Å². The van der Waals surface area contributed by atoms with Gasteiger partial charge in [-0.3, -0.25) is 9.59 Å². The molecule has 7 nitrogen and oxygen atoms in total. The molecule has 1 aromatic rings. The lowest BCUT2D eigenvalue weighted by molar-refractivity contribution is -0.137. The number of nitrogens with zero attached hydrogens (tertiary/aromatic N) is 1. The van der Waals surface area contributed by atoms with E-state index in [1.807, 2.05) is 6.92 Å². The van der Waals surface area contributed by atoms with E-state index in [4.69, 9.17) is 19.3 Å². The largest absolute Gasteiger partial charge is 0.497 e. The number of ether oxygens (including phenoxy) is 3. The normalized spacial score (nSPS) is 19.7. The van der Waals surface area contributed by atoms with E-state index in [0.29, 0.717) is 36.6 Å². The molecule has 1 amide bonds. The van der Waals surface area contributed by atoms with Crippen molar-refractivity contribution in [2.45, 2.75) is 38.3 Å². The first-order valence-corrected chi connectivity index (χ1v) is 8.36. The highest BCUT2D eigenvalue weighted by Crippen LogP contribution is 2.30. The Balaban J connectivity index is 2.29. The molecule has 0 aromatic heterocycles. The molecule has 1 fully saturated rings. The molecule has 2 unspecified atom stereocenters. The van der Waals surface area contributed by atoms with Crippen LogP contribution >= 0.6 is 0 Å². The van der Waals surface area contributed by atoms with Crippen LogP contribution in [0.15, 0.2) is 18.2 Å². The minimum absolute atomic E-state index is 0.104. The molecule has 1 aromatic carbocycles. The first kappa shape index (κ1) is 19.1. The van der Waals surface area contributed by atoms with Gasteiger partial charge in [-0.2, -0.15) is 0 Å². The number of methoxy groups -OCH3 is 2. The van der Waals surface area contributed by atoms with E-state index < -0.39 is 12.0 Å². The van der Waals surface area contributed by atoms with E-state index in [1.165, 1.54) is 0 Å². The van der Waals surface area contributed by atoms with Crippen LogP contribution in [0.25, 0.3) is 0 Å². The van der Waals surface area contributed by atoms with Gasteiger partial charge in [-0.25, -0.2) is 0 Å². The van der Waals surface area contributed by atoms with Crippen LogP contribution in [0.4, 0.5) is 0 Å². The highest BCUT2D eigenvalue weighted by molar-refractivity contribution is 5.97. The van der Waals surface area contributed by atoms with E-state index >= 15 is 0 Å². The number of likely N-dealkylation sites (tertiary alicyclic amines) is 1. The van der Waals surface area contributed by atoms with Gasteiger partial charge >= 0.3 is 5.97 Å². The maximum absolute atomic E-state index is 13.0. The summed E-state index contributed by atoms with van der Waals surface area (Å²) in [5.41, 5.74) is 0.404. The summed E-state index contributed by atoms with van der Waals surface area (Å²) in [6.07, 6.45) is 1.05. The minimum Gasteiger partial charge on any atom is -0.497 e.